The first-order valence-electron chi connectivity index (χ1n) is 8.12. The van der Waals surface area contributed by atoms with Crippen molar-refractivity contribution in [3.63, 3.8) is 0 Å². The Morgan fingerprint density at radius 1 is 1.00 bits per heavy atom. The van der Waals surface area contributed by atoms with Gasteiger partial charge in [0.05, 0.1) is 17.7 Å². The second-order valence-electron chi connectivity index (χ2n) is 6.10. The minimum Gasteiger partial charge on any atom is -0.496 e. The molecule has 0 fully saturated rings. The molecule has 0 atom stereocenters. The summed E-state index contributed by atoms with van der Waals surface area (Å²) in [5.74, 6) is 0.490. The van der Waals surface area contributed by atoms with Crippen molar-refractivity contribution in [1.82, 2.24) is 0 Å². The highest BCUT2D eigenvalue weighted by Crippen LogP contribution is 2.42. The smallest absolute Gasteiger partial charge is 0.345 e. The molecule has 0 saturated carbocycles. The number of fused-ring (bicyclic) bond motifs is 1. The molecule has 0 radical (unpaired) electrons. The second kappa shape index (κ2) is 8.14. The van der Waals surface area contributed by atoms with Crippen LogP contribution in [0.25, 0.3) is 10.8 Å². The van der Waals surface area contributed by atoms with E-state index in [1.807, 2.05) is 0 Å². The third-order valence-corrected chi connectivity index (χ3v) is 7.10. The van der Waals surface area contributed by atoms with Gasteiger partial charge in [-0.2, -0.15) is 0 Å². The van der Waals surface area contributed by atoms with Crippen LogP contribution in [-0.2, 0) is 14.6 Å². The molecule has 0 spiro atoms. The predicted octanol–water partition coefficient (Wildman–Crippen LogP) is 4.49. The van der Waals surface area contributed by atoms with E-state index in [0.717, 1.165) is 0 Å². The van der Waals surface area contributed by atoms with Gasteiger partial charge in [-0.1, -0.05) is 47.5 Å². The fourth-order valence-electron chi connectivity index (χ4n) is 2.91. The van der Waals surface area contributed by atoms with Crippen molar-refractivity contribution < 1.29 is 27.5 Å². The zero-order valence-corrected chi connectivity index (χ0v) is 18.2. The van der Waals surface area contributed by atoms with Crippen LogP contribution in [0, 0.1) is 0 Å². The number of methoxy groups -OCH3 is 1. The molecular formula is C18H16Cl2NO6PS. The van der Waals surface area contributed by atoms with Crippen LogP contribution in [0.1, 0.15) is 0 Å². The fourth-order valence-corrected chi connectivity index (χ4v) is 6.34. The molecule has 11 heteroatoms. The van der Waals surface area contributed by atoms with E-state index in [1.165, 1.54) is 31.4 Å². The number of hydrogen-bond acceptors (Lipinski definition) is 4. The monoisotopic (exact) mass is 475 g/mol. The van der Waals surface area contributed by atoms with Gasteiger partial charge >= 0.3 is 7.60 Å². The molecule has 29 heavy (non-hydrogen) atoms. The molecule has 0 aliphatic carbocycles. The Bertz CT molecular complexity index is 1210. The van der Waals surface area contributed by atoms with Gasteiger partial charge in [-0.05, 0) is 30.3 Å². The molecule has 154 valence electrons. The molecule has 0 amide bonds. The summed E-state index contributed by atoms with van der Waals surface area (Å²) in [5, 5.41) is 1.18. The summed E-state index contributed by atoms with van der Waals surface area (Å²) >= 11 is 11.9. The number of nitrogens with zero attached hydrogens (tertiary/aromatic N) is 1. The normalized spacial score (nSPS) is 12.2. The van der Waals surface area contributed by atoms with Gasteiger partial charge in [0, 0.05) is 20.8 Å². The Hall–Kier alpha value is -1.80. The summed E-state index contributed by atoms with van der Waals surface area (Å²) in [7, 11) is -7.72. The third-order valence-electron chi connectivity index (χ3n) is 4.08. The van der Waals surface area contributed by atoms with E-state index >= 15 is 0 Å². The third kappa shape index (κ3) is 4.69. The molecule has 3 aromatic rings. The Labute approximate surface area is 177 Å². The number of anilines is 1. The molecule has 2 N–H and O–H groups in total. The van der Waals surface area contributed by atoms with E-state index in [9.17, 15) is 22.8 Å². The predicted molar refractivity (Wildman–Crippen MR) is 114 cm³/mol. The Balaban J connectivity index is 2.30. The number of rotatable bonds is 6. The lowest BCUT2D eigenvalue weighted by Crippen LogP contribution is -2.32. The maximum absolute atomic E-state index is 13.3. The van der Waals surface area contributed by atoms with Crippen LogP contribution in [0.15, 0.2) is 59.5 Å². The standard InChI is InChI=1S/C18H16Cl2NO6PS/c1-27-18-7-3-4-15-16(18)5-2-6-17(15)21(11-28(22,23)24)29(25,26)14-9-12(19)8-13(20)10-14/h2-10H,11H2,1H3,(H2,22,23,24). The summed E-state index contributed by atoms with van der Waals surface area (Å²) < 4.78 is 44.5. The van der Waals surface area contributed by atoms with E-state index in [4.69, 9.17) is 27.9 Å². The Kier molecular flexibility index (Phi) is 6.15. The summed E-state index contributed by atoms with van der Waals surface area (Å²) in [4.78, 5) is 18.9. The molecule has 0 bridgehead atoms. The zero-order valence-electron chi connectivity index (χ0n) is 15.0. The van der Waals surface area contributed by atoms with Crippen molar-refractivity contribution in [3.8, 4) is 5.75 Å². The molecule has 0 unspecified atom stereocenters. The van der Waals surface area contributed by atoms with E-state index in [0.29, 0.717) is 20.8 Å². The van der Waals surface area contributed by atoms with Crippen LogP contribution < -0.4 is 9.04 Å². The molecule has 0 aliphatic heterocycles. The van der Waals surface area contributed by atoms with Crippen molar-refractivity contribution in [3.05, 3.63) is 64.6 Å². The molecule has 0 saturated heterocycles. The molecule has 0 aromatic heterocycles. The van der Waals surface area contributed by atoms with Gasteiger partial charge in [0.25, 0.3) is 10.0 Å². The van der Waals surface area contributed by atoms with Crippen LogP contribution in [0.5, 0.6) is 5.75 Å². The maximum atomic E-state index is 13.3. The van der Waals surface area contributed by atoms with Crippen molar-refractivity contribution in [2.45, 2.75) is 4.90 Å². The van der Waals surface area contributed by atoms with Gasteiger partial charge in [-0.15, -0.1) is 0 Å². The van der Waals surface area contributed by atoms with Crippen molar-refractivity contribution in [2.24, 2.45) is 0 Å². The number of sulfonamides is 1. The van der Waals surface area contributed by atoms with Gasteiger partial charge in [0.15, 0.2) is 0 Å². The molecule has 3 aromatic carbocycles. The Morgan fingerprint density at radius 3 is 2.17 bits per heavy atom. The highest BCUT2D eigenvalue weighted by Gasteiger charge is 2.32. The Morgan fingerprint density at radius 2 is 1.59 bits per heavy atom. The van der Waals surface area contributed by atoms with E-state index in [-0.39, 0.29) is 20.6 Å². The van der Waals surface area contributed by atoms with Crippen LogP contribution in [0.4, 0.5) is 5.69 Å². The largest absolute Gasteiger partial charge is 0.496 e. The van der Waals surface area contributed by atoms with Gasteiger partial charge in [0.1, 0.15) is 12.0 Å². The lowest BCUT2D eigenvalue weighted by molar-refractivity contribution is 0.373. The summed E-state index contributed by atoms with van der Waals surface area (Å²) in [6.07, 6.45) is -1.06. The molecule has 0 heterocycles. The quantitative estimate of drug-likeness (QED) is 0.509. The molecule has 3 rings (SSSR count). The van der Waals surface area contributed by atoms with Crippen molar-refractivity contribution in [1.29, 1.82) is 0 Å². The zero-order chi connectivity index (χ0) is 21.4. The average molecular weight is 476 g/mol. The fraction of sp³-hybridized carbons (Fsp3) is 0.111. The van der Waals surface area contributed by atoms with Gasteiger partial charge in [-0.25, -0.2) is 8.42 Å². The summed E-state index contributed by atoms with van der Waals surface area (Å²) in [6, 6.07) is 13.4. The lowest BCUT2D eigenvalue weighted by Gasteiger charge is -2.26. The first-order valence-corrected chi connectivity index (χ1v) is 12.1. The van der Waals surface area contributed by atoms with Crippen LogP contribution in [0.2, 0.25) is 10.0 Å². The topological polar surface area (TPSA) is 104 Å². The second-order valence-corrected chi connectivity index (χ2v) is 10.4. The van der Waals surface area contributed by atoms with Gasteiger partial charge < -0.3 is 14.5 Å². The molecule has 0 aliphatic rings. The lowest BCUT2D eigenvalue weighted by atomic mass is 10.1. The van der Waals surface area contributed by atoms with Crippen LogP contribution >= 0.6 is 30.8 Å². The number of halogens is 2. The van der Waals surface area contributed by atoms with Gasteiger partial charge in [0.2, 0.25) is 0 Å². The van der Waals surface area contributed by atoms with E-state index < -0.39 is 23.9 Å². The van der Waals surface area contributed by atoms with E-state index in [2.05, 4.69) is 0 Å². The highest BCUT2D eigenvalue weighted by molar-refractivity contribution is 7.93. The number of ether oxygens (including phenoxy) is 1. The highest BCUT2D eigenvalue weighted by atomic mass is 35.5. The maximum Gasteiger partial charge on any atom is 0.345 e. The van der Waals surface area contributed by atoms with Crippen LogP contribution in [-0.4, -0.2) is 31.6 Å². The minimum absolute atomic E-state index is 0.0757. The SMILES string of the molecule is COc1cccc2c(N(CP(=O)(O)O)S(=O)(=O)c3cc(Cl)cc(Cl)c3)cccc12. The van der Waals surface area contributed by atoms with Gasteiger partial charge in [-0.3, -0.25) is 8.87 Å². The average Bonchev–Trinajstić information content (AvgIpc) is 2.63. The first-order chi connectivity index (χ1) is 13.5. The van der Waals surface area contributed by atoms with Crippen molar-refractivity contribution >= 4 is 57.3 Å². The number of benzene rings is 3. The molecular weight excluding hydrogens is 460 g/mol. The summed E-state index contributed by atoms with van der Waals surface area (Å²) in [5.41, 5.74) is 0.0841. The minimum atomic E-state index is -4.78. The van der Waals surface area contributed by atoms with Crippen LogP contribution in [0.3, 0.4) is 0 Å². The summed E-state index contributed by atoms with van der Waals surface area (Å²) in [6.45, 7) is 0. The first kappa shape index (κ1) is 21.9. The number of hydrogen-bond donors (Lipinski definition) is 2. The van der Waals surface area contributed by atoms with Crippen molar-refractivity contribution in [2.75, 3.05) is 17.7 Å². The molecule has 7 nitrogen and oxygen atoms in total. The van der Waals surface area contributed by atoms with E-state index in [1.54, 1.807) is 30.3 Å².